The Morgan fingerprint density at radius 1 is 1.02 bits per heavy atom. The van der Waals surface area contributed by atoms with Gasteiger partial charge in [-0.2, -0.15) is 4.31 Å². The monoisotopic (exact) mass is 600 g/mol. The van der Waals surface area contributed by atoms with Crippen molar-refractivity contribution in [3.05, 3.63) is 65.4 Å². The van der Waals surface area contributed by atoms with Crippen molar-refractivity contribution in [3.63, 3.8) is 0 Å². The molecule has 11 heteroatoms. The zero-order valence-electron chi connectivity index (χ0n) is 25.1. The summed E-state index contributed by atoms with van der Waals surface area (Å²) in [5.41, 5.74) is 3.12. The first kappa shape index (κ1) is 33.1. The van der Waals surface area contributed by atoms with Gasteiger partial charge >= 0.3 is 6.09 Å². The number of benzene rings is 2. The first-order valence-corrected chi connectivity index (χ1v) is 16.0. The fraction of sp³-hybridized carbons (Fsp3) is 0.484. The molecule has 2 atom stereocenters. The Labute approximate surface area is 249 Å². The average molecular weight is 601 g/mol. The van der Waals surface area contributed by atoms with E-state index in [1.54, 1.807) is 6.07 Å². The second-order valence-electron chi connectivity index (χ2n) is 11.1. The molecule has 0 spiro atoms. The Hall–Kier alpha value is -3.41. The number of anilines is 1. The lowest BCUT2D eigenvalue weighted by atomic mass is 10.0. The molecule has 42 heavy (non-hydrogen) atoms. The van der Waals surface area contributed by atoms with E-state index in [1.165, 1.54) is 16.4 Å². The zero-order valence-corrected chi connectivity index (χ0v) is 25.9. The molecule has 1 aliphatic heterocycles. The average Bonchev–Trinajstić information content (AvgIpc) is 3.26. The Morgan fingerprint density at radius 2 is 1.67 bits per heavy atom. The van der Waals surface area contributed by atoms with Crippen LogP contribution in [-0.4, -0.2) is 78.2 Å². The summed E-state index contributed by atoms with van der Waals surface area (Å²) in [7, 11) is -4.13. The van der Waals surface area contributed by atoms with Crippen molar-refractivity contribution < 1.29 is 28.2 Å². The lowest BCUT2D eigenvalue weighted by Gasteiger charge is -2.30. The number of nitrogens with one attached hydrogen (secondary N) is 2. The zero-order chi connectivity index (χ0) is 31.0. The molecule has 2 unspecified atom stereocenters. The number of hydrogen-bond acceptors (Lipinski definition) is 6. The van der Waals surface area contributed by atoms with E-state index in [9.17, 15) is 28.2 Å². The van der Waals surface area contributed by atoms with E-state index in [4.69, 9.17) is 0 Å². The molecular weight excluding hydrogens is 556 g/mol. The number of carbonyl (C=O) groups excluding carboxylic acids is 1. The van der Waals surface area contributed by atoms with E-state index < -0.39 is 28.3 Å². The molecule has 1 aliphatic rings. The van der Waals surface area contributed by atoms with Gasteiger partial charge in [0.2, 0.25) is 10.0 Å². The molecule has 1 heterocycles. The van der Waals surface area contributed by atoms with Gasteiger partial charge in [-0.15, -0.1) is 0 Å². The van der Waals surface area contributed by atoms with Gasteiger partial charge in [0.05, 0.1) is 22.6 Å². The number of hydrogen-bond donors (Lipinski definition) is 4. The highest BCUT2D eigenvalue weighted by Gasteiger charge is 2.34. The molecule has 2 amide bonds. The Bertz CT molecular complexity index is 1370. The van der Waals surface area contributed by atoms with E-state index >= 15 is 0 Å². The Balaban J connectivity index is 1.98. The SMILES string of the molecule is CCCN(CCC)C(C)=C1C(=O)Nc2ccc(S(=O)(=O)N(CC(C)C)CC(O)C(Cc3ccccc3)NC(=O)O)cc21. The smallest absolute Gasteiger partial charge is 0.404 e. The normalized spacial score (nSPS) is 15.8. The largest absolute Gasteiger partial charge is 0.465 e. The van der Waals surface area contributed by atoms with Gasteiger partial charge in [0.1, 0.15) is 0 Å². The Kier molecular flexibility index (Phi) is 11.6. The van der Waals surface area contributed by atoms with Crippen LogP contribution in [0.5, 0.6) is 0 Å². The molecule has 4 N–H and O–H groups in total. The van der Waals surface area contributed by atoms with Gasteiger partial charge in [0.15, 0.2) is 0 Å². The van der Waals surface area contributed by atoms with Crippen molar-refractivity contribution in [3.8, 4) is 0 Å². The number of sulfonamides is 1. The van der Waals surface area contributed by atoms with Gasteiger partial charge in [-0.3, -0.25) is 4.79 Å². The summed E-state index contributed by atoms with van der Waals surface area (Å²) >= 11 is 0. The molecule has 0 radical (unpaired) electrons. The van der Waals surface area contributed by atoms with Gasteiger partial charge in [-0.25, -0.2) is 13.2 Å². The summed E-state index contributed by atoms with van der Waals surface area (Å²) in [6.45, 7) is 11.1. The highest BCUT2D eigenvalue weighted by atomic mass is 32.2. The third-order valence-corrected chi connectivity index (χ3v) is 9.06. The third-order valence-electron chi connectivity index (χ3n) is 7.23. The number of allylic oxidation sites excluding steroid dienone is 1. The topological polar surface area (TPSA) is 139 Å². The predicted molar refractivity (Wildman–Crippen MR) is 165 cm³/mol. The van der Waals surface area contributed by atoms with E-state index in [-0.39, 0.29) is 36.2 Å². The number of aliphatic hydroxyl groups excluding tert-OH is 1. The molecule has 2 aromatic rings. The van der Waals surface area contributed by atoms with Crippen LogP contribution in [-0.2, 0) is 21.2 Å². The van der Waals surface area contributed by atoms with Crippen LogP contribution in [0.3, 0.4) is 0 Å². The van der Waals surface area contributed by atoms with Gasteiger partial charge in [-0.1, -0.05) is 58.0 Å². The lowest BCUT2D eigenvalue weighted by Crippen LogP contribution is -2.50. The number of amides is 2. The molecule has 2 aromatic carbocycles. The molecule has 0 aromatic heterocycles. The van der Waals surface area contributed by atoms with Crippen LogP contribution in [0.2, 0.25) is 0 Å². The Morgan fingerprint density at radius 3 is 2.24 bits per heavy atom. The maximum absolute atomic E-state index is 14.0. The van der Waals surface area contributed by atoms with Gasteiger partial charge in [-0.05, 0) is 55.9 Å². The highest BCUT2D eigenvalue weighted by molar-refractivity contribution is 7.89. The van der Waals surface area contributed by atoms with E-state index in [1.807, 2.05) is 51.1 Å². The van der Waals surface area contributed by atoms with Gasteiger partial charge < -0.3 is 25.7 Å². The summed E-state index contributed by atoms with van der Waals surface area (Å²) in [6, 6.07) is 12.8. The summed E-state index contributed by atoms with van der Waals surface area (Å²) in [4.78, 5) is 26.7. The molecular formula is C31H44N4O6S. The second kappa shape index (κ2) is 14.7. The fourth-order valence-corrected chi connectivity index (χ4v) is 6.93. The van der Waals surface area contributed by atoms with Crippen LogP contribution in [0.4, 0.5) is 10.5 Å². The first-order valence-electron chi connectivity index (χ1n) is 14.5. The van der Waals surface area contributed by atoms with Crippen molar-refractivity contribution in [2.24, 2.45) is 5.92 Å². The van der Waals surface area contributed by atoms with Crippen molar-refractivity contribution in [2.75, 3.05) is 31.5 Å². The molecule has 0 bridgehead atoms. The molecule has 10 nitrogen and oxygen atoms in total. The van der Waals surface area contributed by atoms with Crippen LogP contribution in [0.1, 0.15) is 58.6 Å². The number of carboxylic acid groups (broad SMARTS) is 1. The maximum atomic E-state index is 14.0. The molecule has 0 aliphatic carbocycles. The number of rotatable bonds is 15. The maximum Gasteiger partial charge on any atom is 0.404 e. The van der Waals surface area contributed by atoms with Crippen LogP contribution in [0.15, 0.2) is 59.1 Å². The minimum absolute atomic E-state index is 0.000707. The van der Waals surface area contributed by atoms with Crippen molar-refractivity contribution in [1.82, 2.24) is 14.5 Å². The van der Waals surface area contributed by atoms with Crippen molar-refractivity contribution >= 4 is 33.3 Å². The minimum Gasteiger partial charge on any atom is -0.465 e. The fourth-order valence-electron chi connectivity index (χ4n) is 5.28. The van der Waals surface area contributed by atoms with Crippen LogP contribution in [0, 0.1) is 5.92 Å². The van der Waals surface area contributed by atoms with E-state index in [0.717, 1.165) is 37.2 Å². The molecule has 0 saturated heterocycles. The molecule has 0 fully saturated rings. The number of aliphatic hydroxyl groups is 1. The molecule has 0 saturated carbocycles. The van der Waals surface area contributed by atoms with Gasteiger partial charge in [0.25, 0.3) is 5.91 Å². The van der Waals surface area contributed by atoms with Gasteiger partial charge in [0, 0.05) is 43.1 Å². The van der Waals surface area contributed by atoms with Crippen LogP contribution < -0.4 is 10.6 Å². The lowest BCUT2D eigenvalue weighted by molar-refractivity contribution is -0.110. The summed E-state index contributed by atoms with van der Waals surface area (Å²) in [6.07, 6.45) is -0.624. The first-order chi connectivity index (χ1) is 19.9. The standard InChI is InChI=1S/C31H44N4O6S/c1-6-15-34(16-7-2)22(5)29-25-18-24(13-14-26(25)32-30(29)37)42(40,41)35(19-21(3)4)20-28(36)27(33-31(38)39)17-23-11-9-8-10-12-23/h8-14,18,21,27-28,33,36H,6-7,15-17,19-20H2,1-5H3,(H,32,37)(H,38,39). The summed E-state index contributed by atoms with van der Waals surface area (Å²) < 4.78 is 29.3. The predicted octanol–water partition coefficient (Wildman–Crippen LogP) is 4.38. The minimum atomic E-state index is -4.13. The van der Waals surface area contributed by atoms with E-state index in [0.29, 0.717) is 16.8 Å². The number of fused-ring (bicyclic) bond motifs is 1. The second-order valence-corrected chi connectivity index (χ2v) is 13.1. The third kappa shape index (κ3) is 8.11. The highest BCUT2D eigenvalue weighted by Crippen LogP contribution is 2.37. The number of nitrogens with zero attached hydrogens (tertiary/aromatic N) is 2. The van der Waals surface area contributed by atoms with E-state index in [2.05, 4.69) is 29.4 Å². The summed E-state index contributed by atoms with van der Waals surface area (Å²) in [5.74, 6) is -0.341. The van der Waals surface area contributed by atoms with Crippen molar-refractivity contribution in [2.45, 2.75) is 70.9 Å². The molecule has 3 rings (SSSR count). The molecule has 230 valence electrons. The summed E-state index contributed by atoms with van der Waals surface area (Å²) in [5, 5.41) is 25.8. The van der Waals surface area contributed by atoms with Crippen molar-refractivity contribution in [1.29, 1.82) is 0 Å². The quantitative estimate of drug-likeness (QED) is 0.223. The van der Waals surface area contributed by atoms with Crippen LogP contribution in [0.25, 0.3) is 5.57 Å². The van der Waals surface area contributed by atoms with Crippen LogP contribution >= 0.6 is 0 Å². The number of carbonyl (C=O) groups is 2.